The summed E-state index contributed by atoms with van der Waals surface area (Å²) in [5.41, 5.74) is 1.00. The first kappa shape index (κ1) is 17.5. The molecule has 136 valence electrons. The Morgan fingerprint density at radius 1 is 1.12 bits per heavy atom. The van der Waals surface area contributed by atoms with Crippen LogP contribution in [-0.2, 0) is 14.3 Å². The van der Waals surface area contributed by atoms with Gasteiger partial charge in [-0.05, 0) is 24.6 Å². The Bertz CT molecular complexity index is 631. The van der Waals surface area contributed by atoms with Gasteiger partial charge in [0, 0.05) is 26.2 Å². The minimum atomic E-state index is -0.624. The van der Waals surface area contributed by atoms with Crippen molar-refractivity contribution in [1.29, 1.82) is 0 Å². The normalized spacial score (nSPS) is 17.8. The van der Waals surface area contributed by atoms with Gasteiger partial charge in [0.05, 0.1) is 19.3 Å². The number of ether oxygens (including phenoxy) is 3. The molecule has 2 aliphatic rings. The smallest absolute Gasteiger partial charge is 0.309 e. The monoisotopic (exact) mass is 349 g/mol. The molecule has 8 heteroatoms. The second-order valence-electron chi connectivity index (χ2n) is 5.85. The van der Waals surface area contributed by atoms with Crippen LogP contribution in [0, 0.1) is 0 Å². The Labute approximate surface area is 146 Å². The Kier molecular flexibility index (Phi) is 5.72. The number of carbonyl (C=O) groups is 2. The van der Waals surface area contributed by atoms with Crippen LogP contribution in [0.3, 0.4) is 0 Å². The summed E-state index contributed by atoms with van der Waals surface area (Å²) in [5.74, 6) is 0.177. The molecule has 1 aromatic rings. The molecule has 2 amide bonds. The highest BCUT2D eigenvalue weighted by atomic mass is 16.7. The standard InChI is InChI=1S/C17H23N3O5/c1-2-18-16(21)17(22)19-10-13(20-5-7-23-8-6-20)12-3-4-14-15(9-12)25-11-24-14/h3-4,9,13H,2,5-8,10-11H2,1H3,(H,18,21)(H,19,22)/t13-/m1/s1. The molecular formula is C17H23N3O5. The number of likely N-dealkylation sites (N-methyl/N-ethyl adjacent to an activating group) is 1. The van der Waals surface area contributed by atoms with E-state index in [-0.39, 0.29) is 12.8 Å². The Morgan fingerprint density at radius 2 is 1.84 bits per heavy atom. The predicted octanol–water partition coefficient (Wildman–Crippen LogP) is 0.0409. The van der Waals surface area contributed by atoms with Crippen molar-refractivity contribution in [3.8, 4) is 11.5 Å². The van der Waals surface area contributed by atoms with E-state index in [1.54, 1.807) is 6.92 Å². The van der Waals surface area contributed by atoms with Crippen LogP contribution in [0.15, 0.2) is 18.2 Å². The molecular weight excluding hydrogens is 326 g/mol. The summed E-state index contributed by atoms with van der Waals surface area (Å²) in [5, 5.41) is 5.23. The van der Waals surface area contributed by atoms with Gasteiger partial charge < -0.3 is 24.8 Å². The van der Waals surface area contributed by atoms with Crippen molar-refractivity contribution in [3.63, 3.8) is 0 Å². The first-order chi connectivity index (χ1) is 12.2. The molecule has 1 aromatic carbocycles. The van der Waals surface area contributed by atoms with Gasteiger partial charge >= 0.3 is 11.8 Å². The SMILES string of the molecule is CCNC(=O)C(=O)NC[C@H](c1ccc2c(c1)OCO2)N1CCOCC1. The van der Waals surface area contributed by atoms with Gasteiger partial charge in [0.15, 0.2) is 11.5 Å². The number of morpholine rings is 1. The lowest BCUT2D eigenvalue weighted by Gasteiger charge is -2.34. The van der Waals surface area contributed by atoms with Gasteiger partial charge in [-0.1, -0.05) is 6.07 Å². The van der Waals surface area contributed by atoms with E-state index in [0.29, 0.717) is 32.1 Å². The third kappa shape index (κ3) is 4.21. The number of benzene rings is 1. The second-order valence-corrected chi connectivity index (χ2v) is 5.85. The maximum Gasteiger partial charge on any atom is 0.309 e. The molecule has 8 nitrogen and oxygen atoms in total. The Hall–Kier alpha value is -2.32. The first-order valence-corrected chi connectivity index (χ1v) is 8.46. The molecule has 1 saturated heterocycles. The van der Waals surface area contributed by atoms with Crippen molar-refractivity contribution in [2.75, 3.05) is 46.2 Å². The molecule has 2 aliphatic heterocycles. The summed E-state index contributed by atoms with van der Waals surface area (Å²) in [6.45, 7) is 5.54. The van der Waals surface area contributed by atoms with Gasteiger partial charge in [0.1, 0.15) is 0 Å². The van der Waals surface area contributed by atoms with Crippen LogP contribution in [0.5, 0.6) is 11.5 Å². The third-order valence-corrected chi connectivity index (χ3v) is 4.27. The van der Waals surface area contributed by atoms with Gasteiger partial charge in [0.2, 0.25) is 6.79 Å². The minimum absolute atomic E-state index is 0.0724. The fraction of sp³-hybridized carbons (Fsp3) is 0.529. The van der Waals surface area contributed by atoms with Gasteiger partial charge in [0.25, 0.3) is 0 Å². The van der Waals surface area contributed by atoms with Gasteiger partial charge in [-0.3, -0.25) is 14.5 Å². The van der Waals surface area contributed by atoms with E-state index >= 15 is 0 Å². The maximum atomic E-state index is 11.9. The number of carbonyl (C=O) groups excluding carboxylic acids is 2. The molecule has 1 atom stereocenters. The highest BCUT2D eigenvalue weighted by molar-refractivity contribution is 6.35. The number of amides is 2. The average molecular weight is 349 g/mol. The lowest BCUT2D eigenvalue weighted by molar-refractivity contribution is -0.139. The number of hydrogen-bond donors (Lipinski definition) is 2. The van der Waals surface area contributed by atoms with Crippen molar-refractivity contribution >= 4 is 11.8 Å². The number of fused-ring (bicyclic) bond motifs is 1. The van der Waals surface area contributed by atoms with Gasteiger partial charge in [-0.2, -0.15) is 0 Å². The lowest BCUT2D eigenvalue weighted by atomic mass is 10.0. The largest absolute Gasteiger partial charge is 0.454 e. The van der Waals surface area contributed by atoms with E-state index in [1.165, 1.54) is 0 Å². The molecule has 0 spiro atoms. The van der Waals surface area contributed by atoms with Crippen LogP contribution in [0.2, 0.25) is 0 Å². The molecule has 0 saturated carbocycles. The van der Waals surface area contributed by atoms with E-state index in [9.17, 15) is 9.59 Å². The fourth-order valence-corrected chi connectivity index (χ4v) is 2.98. The number of nitrogens with zero attached hydrogens (tertiary/aromatic N) is 1. The number of nitrogens with one attached hydrogen (secondary N) is 2. The Morgan fingerprint density at radius 3 is 2.60 bits per heavy atom. The average Bonchev–Trinajstić information content (AvgIpc) is 3.10. The molecule has 0 radical (unpaired) electrons. The third-order valence-electron chi connectivity index (χ3n) is 4.27. The quantitative estimate of drug-likeness (QED) is 0.730. The van der Waals surface area contributed by atoms with Crippen molar-refractivity contribution in [1.82, 2.24) is 15.5 Å². The van der Waals surface area contributed by atoms with Crippen molar-refractivity contribution in [3.05, 3.63) is 23.8 Å². The molecule has 2 heterocycles. The lowest BCUT2D eigenvalue weighted by Crippen LogP contribution is -2.46. The maximum absolute atomic E-state index is 11.9. The van der Waals surface area contributed by atoms with Crippen molar-refractivity contribution in [2.45, 2.75) is 13.0 Å². The molecule has 0 aliphatic carbocycles. The van der Waals surface area contributed by atoms with Gasteiger partial charge in [-0.15, -0.1) is 0 Å². The van der Waals surface area contributed by atoms with Crippen LogP contribution in [0.1, 0.15) is 18.5 Å². The van der Waals surface area contributed by atoms with Crippen LogP contribution < -0.4 is 20.1 Å². The Balaban J connectivity index is 1.73. The summed E-state index contributed by atoms with van der Waals surface area (Å²) >= 11 is 0. The van der Waals surface area contributed by atoms with Crippen molar-refractivity contribution < 1.29 is 23.8 Å². The topological polar surface area (TPSA) is 89.1 Å². The van der Waals surface area contributed by atoms with E-state index in [2.05, 4.69) is 15.5 Å². The zero-order valence-electron chi connectivity index (χ0n) is 14.2. The molecule has 0 bridgehead atoms. The summed E-state index contributed by atoms with van der Waals surface area (Å²) in [6.07, 6.45) is 0. The molecule has 2 N–H and O–H groups in total. The summed E-state index contributed by atoms with van der Waals surface area (Å²) in [4.78, 5) is 25.8. The second kappa shape index (κ2) is 8.17. The van der Waals surface area contributed by atoms with Gasteiger partial charge in [-0.25, -0.2) is 0 Å². The van der Waals surface area contributed by atoms with E-state index in [0.717, 1.165) is 24.4 Å². The fourth-order valence-electron chi connectivity index (χ4n) is 2.98. The molecule has 1 fully saturated rings. The zero-order valence-corrected chi connectivity index (χ0v) is 14.2. The highest BCUT2D eigenvalue weighted by Gasteiger charge is 2.26. The molecule has 0 unspecified atom stereocenters. The molecule has 25 heavy (non-hydrogen) atoms. The van der Waals surface area contributed by atoms with Crippen LogP contribution in [-0.4, -0.2) is 62.9 Å². The van der Waals surface area contributed by atoms with Crippen LogP contribution >= 0.6 is 0 Å². The summed E-state index contributed by atoms with van der Waals surface area (Å²) < 4.78 is 16.2. The predicted molar refractivity (Wildman–Crippen MR) is 89.4 cm³/mol. The number of hydrogen-bond acceptors (Lipinski definition) is 6. The first-order valence-electron chi connectivity index (χ1n) is 8.46. The van der Waals surface area contributed by atoms with Crippen molar-refractivity contribution in [2.24, 2.45) is 0 Å². The molecule has 3 rings (SSSR count). The number of rotatable bonds is 5. The highest BCUT2D eigenvalue weighted by Crippen LogP contribution is 2.35. The zero-order chi connectivity index (χ0) is 17.6. The van der Waals surface area contributed by atoms with Crippen LogP contribution in [0.25, 0.3) is 0 Å². The van der Waals surface area contributed by atoms with Crippen LogP contribution in [0.4, 0.5) is 0 Å². The van der Waals surface area contributed by atoms with E-state index in [1.807, 2.05) is 18.2 Å². The minimum Gasteiger partial charge on any atom is -0.454 e. The van der Waals surface area contributed by atoms with E-state index in [4.69, 9.17) is 14.2 Å². The molecule has 0 aromatic heterocycles. The summed E-state index contributed by atoms with van der Waals surface area (Å²) in [6, 6.07) is 5.69. The van der Waals surface area contributed by atoms with E-state index < -0.39 is 11.8 Å². The summed E-state index contributed by atoms with van der Waals surface area (Å²) in [7, 11) is 0.